The van der Waals surface area contributed by atoms with Gasteiger partial charge in [0, 0.05) is 6.08 Å². The van der Waals surface area contributed by atoms with Crippen molar-refractivity contribution in [3.8, 4) is 23.8 Å². The zero-order chi connectivity index (χ0) is 21.3. The van der Waals surface area contributed by atoms with E-state index in [4.69, 9.17) is 21.0 Å². The molecular weight excluding hydrogens is 426 g/mol. The normalized spacial score (nSPS) is 13.8. The molecule has 0 spiro atoms. The van der Waals surface area contributed by atoms with E-state index in [1.165, 1.54) is 18.2 Å². The minimum atomic E-state index is -3.85. The number of thiazole rings is 1. The van der Waals surface area contributed by atoms with Gasteiger partial charge in [-0.15, -0.1) is 6.42 Å². The fraction of sp³-hybridized carbons (Fsp3) is 0.100. The van der Waals surface area contributed by atoms with Crippen LogP contribution in [-0.2, 0) is 21.4 Å². The molecule has 1 aromatic heterocycles. The largest absolute Gasteiger partial charge is 0.454 e. The number of carbonyl (C=O) groups excluding carboxylic acids is 1. The van der Waals surface area contributed by atoms with Crippen LogP contribution >= 0.6 is 11.3 Å². The molecule has 0 unspecified atom stereocenters. The Morgan fingerprint density at radius 2 is 2.07 bits per heavy atom. The lowest BCUT2D eigenvalue weighted by Gasteiger charge is -2.01. The van der Waals surface area contributed by atoms with Gasteiger partial charge in [-0.25, -0.2) is 13.6 Å². The predicted molar refractivity (Wildman–Crippen MR) is 112 cm³/mol. The van der Waals surface area contributed by atoms with Crippen LogP contribution in [0.5, 0.6) is 11.5 Å². The van der Waals surface area contributed by atoms with Crippen molar-refractivity contribution in [3.05, 3.63) is 52.8 Å². The maximum atomic E-state index is 12.4. The number of hydrogen-bond acceptors (Lipinski definition) is 6. The first-order valence-corrected chi connectivity index (χ1v) is 11.0. The summed E-state index contributed by atoms with van der Waals surface area (Å²) in [5.41, 5.74) is 1.42. The summed E-state index contributed by atoms with van der Waals surface area (Å²) in [7, 11) is -3.85. The van der Waals surface area contributed by atoms with E-state index in [2.05, 4.69) is 10.9 Å². The number of fused-ring (bicyclic) bond motifs is 2. The topological polar surface area (TPSA) is 113 Å². The molecule has 30 heavy (non-hydrogen) atoms. The van der Waals surface area contributed by atoms with Crippen molar-refractivity contribution in [3.63, 3.8) is 0 Å². The quantitative estimate of drug-likeness (QED) is 0.490. The minimum absolute atomic E-state index is 0.0234. The van der Waals surface area contributed by atoms with Crippen LogP contribution < -0.4 is 19.4 Å². The average molecular weight is 441 g/mol. The molecule has 2 aromatic carbocycles. The highest BCUT2D eigenvalue weighted by molar-refractivity contribution is 7.89. The average Bonchev–Trinajstić information content (AvgIpc) is 3.30. The smallest absolute Gasteiger partial charge is 0.272 e. The summed E-state index contributed by atoms with van der Waals surface area (Å²) in [5.74, 6) is 3.29. The Bertz CT molecular complexity index is 1410. The van der Waals surface area contributed by atoms with Crippen LogP contribution in [0.3, 0.4) is 0 Å². The summed E-state index contributed by atoms with van der Waals surface area (Å²) < 4.78 is 36.0. The van der Waals surface area contributed by atoms with Crippen molar-refractivity contribution in [2.45, 2.75) is 11.4 Å². The highest BCUT2D eigenvalue weighted by atomic mass is 32.2. The molecule has 0 saturated carbocycles. The van der Waals surface area contributed by atoms with Crippen LogP contribution in [0.1, 0.15) is 5.56 Å². The van der Waals surface area contributed by atoms with Crippen LogP contribution in [-0.4, -0.2) is 25.7 Å². The molecule has 10 heteroatoms. The number of rotatable bonds is 4. The van der Waals surface area contributed by atoms with Crippen molar-refractivity contribution in [2.24, 2.45) is 10.1 Å². The van der Waals surface area contributed by atoms with Crippen molar-refractivity contribution < 1.29 is 22.7 Å². The first-order chi connectivity index (χ1) is 14.3. The van der Waals surface area contributed by atoms with Crippen molar-refractivity contribution in [1.82, 2.24) is 4.57 Å². The van der Waals surface area contributed by atoms with Gasteiger partial charge in [0.1, 0.15) is 0 Å². The molecule has 0 atom stereocenters. The van der Waals surface area contributed by atoms with Crippen LogP contribution in [0.15, 0.2) is 52.4 Å². The zero-order valence-corrected chi connectivity index (χ0v) is 17.1. The van der Waals surface area contributed by atoms with Gasteiger partial charge in [-0.05, 0) is 42.0 Å². The molecule has 1 aliphatic rings. The number of carbonyl (C=O) groups is 1. The molecule has 0 radical (unpaired) electrons. The second kappa shape index (κ2) is 7.79. The highest BCUT2D eigenvalue weighted by Gasteiger charge is 2.13. The number of amides is 1. The summed E-state index contributed by atoms with van der Waals surface area (Å²) in [6.45, 7) is 0.345. The molecule has 152 valence electrons. The zero-order valence-electron chi connectivity index (χ0n) is 15.4. The molecule has 1 amide bonds. The fourth-order valence-electron chi connectivity index (χ4n) is 2.88. The van der Waals surface area contributed by atoms with Crippen LogP contribution in [0.4, 0.5) is 0 Å². The molecule has 2 N–H and O–H groups in total. The molecule has 0 bridgehead atoms. The Hall–Kier alpha value is -3.39. The van der Waals surface area contributed by atoms with Gasteiger partial charge in [-0.2, -0.15) is 4.99 Å². The van der Waals surface area contributed by atoms with Gasteiger partial charge in [0.15, 0.2) is 16.3 Å². The third-order valence-electron chi connectivity index (χ3n) is 4.25. The van der Waals surface area contributed by atoms with Crippen LogP contribution in [0, 0.1) is 12.3 Å². The summed E-state index contributed by atoms with van der Waals surface area (Å²) in [5, 5.41) is 5.20. The second-order valence-electron chi connectivity index (χ2n) is 6.25. The number of sulfonamides is 1. The van der Waals surface area contributed by atoms with E-state index in [9.17, 15) is 13.2 Å². The van der Waals surface area contributed by atoms with Gasteiger partial charge in [0.2, 0.25) is 16.8 Å². The third-order valence-corrected chi connectivity index (χ3v) is 6.21. The summed E-state index contributed by atoms with van der Waals surface area (Å²) in [6.07, 6.45) is 8.39. The Balaban J connectivity index is 1.69. The minimum Gasteiger partial charge on any atom is -0.454 e. The molecule has 8 nitrogen and oxygen atoms in total. The van der Waals surface area contributed by atoms with Gasteiger partial charge in [-0.3, -0.25) is 4.79 Å². The maximum Gasteiger partial charge on any atom is 0.272 e. The lowest BCUT2D eigenvalue weighted by atomic mass is 10.2. The lowest BCUT2D eigenvalue weighted by Crippen LogP contribution is -2.16. The molecule has 4 rings (SSSR count). The van der Waals surface area contributed by atoms with Crippen molar-refractivity contribution in [2.75, 3.05) is 6.79 Å². The fourth-order valence-corrected chi connectivity index (χ4v) is 4.56. The first kappa shape index (κ1) is 19.9. The molecule has 1 aliphatic heterocycles. The summed E-state index contributed by atoms with van der Waals surface area (Å²) >= 11 is 1.15. The van der Waals surface area contributed by atoms with Gasteiger partial charge < -0.3 is 14.0 Å². The number of nitrogens with two attached hydrogens (primary N) is 1. The van der Waals surface area contributed by atoms with Crippen molar-refractivity contribution in [1.29, 1.82) is 0 Å². The number of primary sulfonamides is 1. The number of terminal acetylenes is 1. The lowest BCUT2D eigenvalue weighted by molar-refractivity contribution is -0.113. The van der Waals surface area contributed by atoms with Gasteiger partial charge >= 0.3 is 0 Å². The van der Waals surface area contributed by atoms with E-state index in [1.807, 2.05) is 0 Å². The highest BCUT2D eigenvalue weighted by Crippen LogP contribution is 2.32. The Labute approximate surface area is 175 Å². The van der Waals surface area contributed by atoms with Gasteiger partial charge in [0.05, 0.1) is 21.7 Å². The van der Waals surface area contributed by atoms with E-state index >= 15 is 0 Å². The summed E-state index contributed by atoms with van der Waals surface area (Å²) in [4.78, 5) is 16.8. The van der Waals surface area contributed by atoms with Gasteiger partial charge in [0.25, 0.3) is 5.91 Å². The molecule has 2 heterocycles. The number of ether oxygens (including phenoxy) is 2. The SMILES string of the molecule is C#CCn1c(=NC(=O)C=Cc2ccc3c(c2)OCO3)sc2cc(S(N)(=O)=O)ccc21. The summed E-state index contributed by atoms with van der Waals surface area (Å²) in [6, 6.07) is 9.74. The predicted octanol–water partition coefficient (Wildman–Crippen LogP) is 1.85. The number of hydrogen-bond donors (Lipinski definition) is 1. The number of aromatic nitrogens is 1. The number of benzene rings is 2. The molecule has 0 fully saturated rings. The Kier molecular flexibility index (Phi) is 5.17. The van der Waals surface area contributed by atoms with Gasteiger partial charge in [-0.1, -0.05) is 23.3 Å². The molecular formula is C20H15N3O5S2. The van der Waals surface area contributed by atoms with E-state index in [-0.39, 0.29) is 18.2 Å². The van der Waals surface area contributed by atoms with E-state index < -0.39 is 15.9 Å². The van der Waals surface area contributed by atoms with Crippen LogP contribution in [0.25, 0.3) is 16.3 Å². The molecule has 0 aliphatic carbocycles. The number of nitrogens with zero attached hydrogens (tertiary/aromatic N) is 2. The molecule has 3 aromatic rings. The second-order valence-corrected chi connectivity index (χ2v) is 8.82. The Morgan fingerprint density at radius 3 is 2.83 bits per heavy atom. The van der Waals surface area contributed by atoms with E-state index in [0.29, 0.717) is 26.5 Å². The first-order valence-electron chi connectivity index (χ1n) is 8.61. The third kappa shape index (κ3) is 3.99. The standard InChI is InChI=1S/C20H15N3O5S2/c1-2-9-23-15-6-5-14(30(21,25)26)11-18(15)29-20(23)22-19(24)8-4-13-3-7-16-17(10-13)28-12-27-16/h1,3-8,10-11H,9,12H2,(H2,21,25,26). The van der Waals surface area contributed by atoms with Crippen LogP contribution in [0.2, 0.25) is 0 Å². The van der Waals surface area contributed by atoms with Crippen molar-refractivity contribution >= 4 is 43.6 Å². The van der Waals surface area contributed by atoms with E-state index in [0.717, 1.165) is 16.9 Å². The molecule has 0 saturated heterocycles. The maximum absolute atomic E-state index is 12.4. The monoisotopic (exact) mass is 441 g/mol. The van der Waals surface area contributed by atoms with E-state index in [1.54, 1.807) is 34.9 Å². The Morgan fingerprint density at radius 1 is 1.27 bits per heavy atom.